The summed E-state index contributed by atoms with van der Waals surface area (Å²) >= 11 is -1.82. The largest absolute Gasteiger partial charge is 0.609 e. The molecule has 0 bridgehead atoms. The van der Waals surface area contributed by atoms with E-state index in [1.54, 1.807) is 17.0 Å². The molecular formula is C18H17F3N4O4S. The van der Waals surface area contributed by atoms with Crippen LogP contribution in [0, 0.1) is 0 Å². The molecule has 3 rings (SSSR count). The molecular weight excluding hydrogens is 425 g/mol. The van der Waals surface area contributed by atoms with Gasteiger partial charge in [-0.3, -0.25) is 9.36 Å². The average Bonchev–Trinajstić information content (AvgIpc) is 3.10. The predicted molar refractivity (Wildman–Crippen MR) is 102 cm³/mol. The highest BCUT2D eigenvalue weighted by Crippen LogP contribution is 2.31. The Balaban J connectivity index is 2.04. The SMILES string of the molecule is COc1cn(Cn2cc(-c3cc(C(F)(F)F)nc([S+](C)[O-])n3)ccc2=O)cc1OC. The van der Waals surface area contributed by atoms with Crippen molar-refractivity contribution in [1.29, 1.82) is 0 Å². The minimum atomic E-state index is -4.74. The van der Waals surface area contributed by atoms with Crippen LogP contribution in [-0.2, 0) is 24.0 Å². The van der Waals surface area contributed by atoms with Crippen molar-refractivity contribution < 1.29 is 27.2 Å². The summed E-state index contributed by atoms with van der Waals surface area (Å²) < 4.78 is 64.5. The number of rotatable bonds is 6. The van der Waals surface area contributed by atoms with Crippen LogP contribution < -0.4 is 15.0 Å². The quantitative estimate of drug-likeness (QED) is 0.430. The molecule has 3 heterocycles. The number of nitrogens with zero attached hydrogens (tertiary/aromatic N) is 4. The van der Waals surface area contributed by atoms with Crippen molar-refractivity contribution in [3.05, 3.63) is 52.8 Å². The molecule has 0 radical (unpaired) electrons. The maximum Gasteiger partial charge on any atom is 0.433 e. The van der Waals surface area contributed by atoms with Gasteiger partial charge < -0.3 is 18.6 Å². The van der Waals surface area contributed by atoms with Crippen LogP contribution in [-0.4, -0.2) is 44.1 Å². The fraction of sp³-hybridized carbons (Fsp3) is 0.278. The number of halogens is 3. The van der Waals surface area contributed by atoms with Gasteiger partial charge in [-0.25, -0.2) is 0 Å². The fourth-order valence-electron chi connectivity index (χ4n) is 2.67. The molecule has 3 aromatic heterocycles. The third-order valence-electron chi connectivity index (χ3n) is 4.10. The number of aromatic nitrogens is 4. The molecule has 160 valence electrons. The number of hydrogen-bond acceptors (Lipinski definition) is 6. The van der Waals surface area contributed by atoms with Gasteiger partial charge in [0.25, 0.3) is 5.56 Å². The first-order chi connectivity index (χ1) is 14.1. The van der Waals surface area contributed by atoms with Crippen molar-refractivity contribution in [2.45, 2.75) is 18.0 Å². The van der Waals surface area contributed by atoms with Gasteiger partial charge in [0.1, 0.15) is 12.9 Å². The smallest absolute Gasteiger partial charge is 0.433 e. The third-order valence-corrected chi connectivity index (χ3v) is 4.79. The minimum Gasteiger partial charge on any atom is -0.609 e. The zero-order chi connectivity index (χ0) is 22.1. The molecule has 8 nitrogen and oxygen atoms in total. The molecule has 0 saturated heterocycles. The number of hydrogen-bond donors (Lipinski definition) is 0. The van der Waals surface area contributed by atoms with E-state index < -0.39 is 28.2 Å². The predicted octanol–water partition coefficient (Wildman–Crippen LogP) is 2.39. The van der Waals surface area contributed by atoms with Crippen LogP contribution in [0.5, 0.6) is 11.5 Å². The lowest BCUT2D eigenvalue weighted by molar-refractivity contribution is -0.141. The molecule has 1 unspecified atom stereocenters. The molecule has 0 fully saturated rings. The normalized spacial score (nSPS) is 12.6. The number of alkyl halides is 3. The third kappa shape index (κ3) is 4.60. The Morgan fingerprint density at radius 3 is 2.27 bits per heavy atom. The van der Waals surface area contributed by atoms with Gasteiger partial charge in [-0.15, -0.1) is 0 Å². The van der Waals surface area contributed by atoms with Gasteiger partial charge >= 0.3 is 11.3 Å². The Kier molecular flexibility index (Phi) is 6.08. The van der Waals surface area contributed by atoms with Crippen molar-refractivity contribution in [3.8, 4) is 22.8 Å². The zero-order valence-corrected chi connectivity index (χ0v) is 17.0. The molecule has 0 aliphatic rings. The molecule has 0 aliphatic carbocycles. The molecule has 12 heteroatoms. The maximum absolute atomic E-state index is 13.2. The summed E-state index contributed by atoms with van der Waals surface area (Å²) in [6.07, 6.45) is 1.04. The van der Waals surface area contributed by atoms with E-state index in [4.69, 9.17) is 9.47 Å². The van der Waals surface area contributed by atoms with Crippen LogP contribution >= 0.6 is 0 Å². The van der Waals surface area contributed by atoms with E-state index in [2.05, 4.69) is 9.97 Å². The molecule has 0 spiro atoms. The number of pyridine rings is 1. The molecule has 0 amide bonds. The van der Waals surface area contributed by atoms with Crippen LogP contribution in [0.15, 0.2) is 46.7 Å². The molecule has 0 aromatic carbocycles. The summed E-state index contributed by atoms with van der Waals surface area (Å²) in [6, 6.07) is 3.31. The number of methoxy groups -OCH3 is 2. The highest BCUT2D eigenvalue weighted by molar-refractivity contribution is 7.90. The zero-order valence-electron chi connectivity index (χ0n) is 16.1. The van der Waals surface area contributed by atoms with Gasteiger partial charge in [0.15, 0.2) is 17.2 Å². The second kappa shape index (κ2) is 8.40. The van der Waals surface area contributed by atoms with Crippen molar-refractivity contribution >= 4 is 11.2 Å². The van der Waals surface area contributed by atoms with E-state index in [9.17, 15) is 22.5 Å². The minimum absolute atomic E-state index is 0.0518. The van der Waals surface area contributed by atoms with Crippen LogP contribution in [0.1, 0.15) is 5.69 Å². The first-order valence-corrected chi connectivity index (χ1v) is 9.96. The van der Waals surface area contributed by atoms with Gasteiger partial charge in [-0.1, -0.05) is 0 Å². The molecule has 1 atom stereocenters. The van der Waals surface area contributed by atoms with E-state index in [1.807, 2.05) is 0 Å². The van der Waals surface area contributed by atoms with Gasteiger partial charge in [0.2, 0.25) is 0 Å². The Morgan fingerprint density at radius 1 is 1.10 bits per heavy atom. The van der Waals surface area contributed by atoms with E-state index in [1.165, 1.54) is 43.4 Å². The summed E-state index contributed by atoms with van der Waals surface area (Å²) in [5.74, 6) is 0.921. The second-order valence-electron chi connectivity index (χ2n) is 6.15. The summed E-state index contributed by atoms with van der Waals surface area (Å²) in [5.41, 5.74) is -1.45. The summed E-state index contributed by atoms with van der Waals surface area (Å²) in [7, 11) is 2.94. The van der Waals surface area contributed by atoms with Crippen LogP contribution in [0.25, 0.3) is 11.3 Å². The Morgan fingerprint density at radius 2 is 1.73 bits per heavy atom. The van der Waals surface area contributed by atoms with Gasteiger partial charge in [-0.2, -0.15) is 23.1 Å². The Bertz CT molecular complexity index is 1090. The maximum atomic E-state index is 13.2. The van der Waals surface area contributed by atoms with E-state index >= 15 is 0 Å². The fourth-order valence-corrected chi connectivity index (χ4v) is 3.12. The van der Waals surface area contributed by atoms with Crippen molar-refractivity contribution in [1.82, 2.24) is 19.1 Å². The Hall–Kier alpha value is -2.99. The second-order valence-corrected chi connectivity index (χ2v) is 7.42. The average molecular weight is 442 g/mol. The van der Waals surface area contributed by atoms with Gasteiger partial charge in [0.05, 0.1) is 32.3 Å². The lowest BCUT2D eigenvalue weighted by Crippen LogP contribution is -2.22. The van der Waals surface area contributed by atoms with Crippen molar-refractivity contribution in [2.75, 3.05) is 20.5 Å². The van der Waals surface area contributed by atoms with E-state index in [0.29, 0.717) is 11.5 Å². The van der Waals surface area contributed by atoms with E-state index in [-0.39, 0.29) is 23.5 Å². The van der Waals surface area contributed by atoms with Gasteiger partial charge in [-0.05, 0) is 12.1 Å². The van der Waals surface area contributed by atoms with Crippen LogP contribution in [0.4, 0.5) is 13.2 Å². The first-order valence-electron chi connectivity index (χ1n) is 8.40. The van der Waals surface area contributed by atoms with E-state index in [0.717, 1.165) is 6.07 Å². The van der Waals surface area contributed by atoms with Gasteiger partial charge in [0, 0.05) is 29.0 Å². The van der Waals surface area contributed by atoms with Crippen LogP contribution in [0.2, 0.25) is 0 Å². The van der Waals surface area contributed by atoms with Crippen LogP contribution in [0.3, 0.4) is 0 Å². The van der Waals surface area contributed by atoms with Crippen molar-refractivity contribution in [3.63, 3.8) is 0 Å². The standard InChI is InChI=1S/C18H17F3N4O4S/c1-28-13-8-24(9-14(13)29-2)10-25-7-11(4-5-16(25)26)12-6-15(18(19,20)21)23-17(22-12)30(3)27/h4-9H,10H2,1-3H3. The molecule has 30 heavy (non-hydrogen) atoms. The molecule has 0 saturated carbocycles. The topological polar surface area (TPSA) is 94.2 Å². The first kappa shape index (κ1) is 21.7. The monoisotopic (exact) mass is 442 g/mol. The number of ether oxygens (including phenoxy) is 2. The summed E-state index contributed by atoms with van der Waals surface area (Å²) in [5, 5.41) is -0.447. The summed E-state index contributed by atoms with van der Waals surface area (Å²) in [6.45, 7) is 0.0518. The Labute approximate surface area is 172 Å². The molecule has 3 aromatic rings. The molecule has 0 N–H and O–H groups in total. The van der Waals surface area contributed by atoms with Crippen molar-refractivity contribution in [2.24, 2.45) is 0 Å². The highest BCUT2D eigenvalue weighted by Gasteiger charge is 2.35. The highest BCUT2D eigenvalue weighted by atomic mass is 32.2. The lowest BCUT2D eigenvalue weighted by atomic mass is 10.2. The lowest BCUT2D eigenvalue weighted by Gasteiger charge is -2.12. The molecule has 0 aliphatic heterocycles. The summed E-state index contributed by atoms with van der Waals surface area (Å²) in [4.78, 5) is 19.6.